The number of aliphatic hydroxyl groups is 1. The number of rotatable bonds is 3. The van der Waals surface area contributed by atoms with Crippen LogP contribution in [0.15, 0.2) is 35.7 Å². The summed E-state index contributed by atoms with van der Waals surface area (Å²) in [7, 11) is 0. The number of aryl methyl sites for hydroxylation is 2. The molecule has 0 fully saturated rings. The molecule has 0 aliphatic rings. The summed E-state index contributed by atoms with van der Waals surface area (Å²) in [5.41, 5.74) is 3.63. The zero-order valence-corrected chi connectivity index (χ0v) is 10.4. The second-order valence-electron chi connectivity index (χ2n) is 4.17. The molecule has 1 heterocycles. The Kier molecular flexibility index (Phi) is 3.42. The average molecular weight is 232 g/mol. The van der Waals surface area contributed by atoms with E-state index in [2.05, 4.69) is 37.3 Å². The zero-order valence-electron chi connectivity index (χ0n) is 9.60. The van der Waals surface area contributed by atoms with Crippen molar-refractivity contribution in [3.8, 4) is 0 Å². The van der Waals surface area contributed by atoms with Gasteiger partial charge in [0.15, 0.2) is 0 Å². The lowest BCUT2D eigenvalue weighted by Crippen LogP contribution is -2.00. The summed E-state index contributed by atoms with van der Waals surface area (Å²) in [5.74, 6) is 0. The molecule has 16 heavy (non-hydrogen) atoms. The average Bonchev–Trinajstić information content (AvgIpc) is 2.68. The highest BCUT2D eigenvalue weighted by Crippen LogP contribution is 2.26. The minimum atomic E-state index is -0.372. The topological polar surface area (TPSA) is 20.2 Å². The highest BCUT2D eigenvalue weighted by atomic mass is 32.1. The van der Waals surface area contributed by atoms with Crippen LogP contribution in [-0.2, 0) is 6.42 Å². The third-order valence-corrected chi connectivity index (χ3v) is 3.87. The van der Waals surface area contributed by atoms with Crippen LogP contribution in [0, 0.1) is 13.8 Å². The highest BCUT2D eigenvalue weighted by Gasteiger charge is 2.12. The van der Waals surface area contributed by atoms with Gasteiger partial charge >= 0.3 is 0 Å². The maximum absolute atomic E-state index is 10.1. The summed E-state index contributed by atoms with van der Waals surface area (Å²) < 4.78 is 0. The summed E-state index contributed by atoms with van der Waals surface area (Å²) >= 11 is 1.63. The van der Waals surface area contributed by atoms with Crippen molar-refractivity contribution in [2.24, 2.45) is 0 Å². The molecule has 0 radical (unpaired) electrons. The van der Waals surface area contributed by atoms with Crippen molar-refractivity contribution >= 4 is 11.3 Å². The zero-order chi connectivity index (χ0) is 11.5. The second kappa shape index (κ2) is 4.81. The molecule has 1 aromatic carbocycles. The van der Waals surface area contributed by atoms with Gasteiger partial charge in [-0.15, -0.1) is 11.3 Å². The van der Waals surface area contributed by atoms with Crippen molar-refractivity contribution in [3.63, 3.8) is 0 Å². The van der Waals surface area contributed by atoms with Crippen molar-refractivity contribution < 1.29 is 5.11 Å². The third kappa shape index (κ3) is 2.52. The molecular weight excluding hydrogens is 216 g/mol. The molecule has 2 rings (SSSR count). The minimum Gasteiger partial charge on any atom is -0.387 e. The van der Waals surface area contributed by atoms with E-state index in [-0.39, 0.29) is 6.10 Å². The van der Waals surface area contributed by atoms with Gasteiger partial charge in [-0.05, 0) is 36.4 Å². The van der Waals surface area contributed by atoms with E-state index in [1.165, 1.54) is 16.7 Å². The number of hydrogen-bond donors (Lipinski definition) is 1. The fourth-order valence-electron chi connectivity index (χ4n) is 1.77. The Morgan fingerprint density at radius 3 is 2.38 bits per heavy atom. The summed E-state index contributed by atoms with van der Waals surface area (Å²) in [4.78, 5) is 1.08. The molecule has 0 spiro atoms. The van der Waals surface area contributed by atoms with Crippen molar-refractivity contribution in [2.45, 2.75) is 26.4 Å². The first-order valence-corrected chi connectivity index (χ1v) is 6.32. The van der Waals surface area contributed by atoms with E-state index in [4.69, 9.17) is 0 Å². The van der Waals surface area contributed by atoms with Crippen LogP contribution >= 0.6 is 11.3 Å². The lowest BCUT2D eigenvalue weighted by molar-refractivity contribution is 0.181. The second-order valence-corrected chi connectivity index (χ2v) is 5.12. The largest absolute Gasteiger partial charge is 0.387 e. The van der Waals surface area contributed by atoms with E-state index in [9.17, 15) is 5.11 Å². The van der Waals surface area contributed by atoms with Crippen molar-refractivity contribution in [2.75, 3.05) is 0 Å². The van der Waals surface area contributed by atoms with Gasteiger partial charge < -0.3 is 5.11 Å². The molecule has 84 valence electrons. The minimum absolute atomic E-state index is 0.372. The van der Waals surface area contributed by atoms with Crippen LogP contribution in [0.1, 0.15) is 27.7 Å². The molecule has 2 aromatic rings. The van der Waals surface area contributed by atoms with Crippen LogP contribution in [0.3, 0.4) is 0 Å². The number of hydrogen-bond acceptors (Lipinski definition) is 2. The number of thiophene rings is 1. The standard InChI is InChI=1S/C14H16OS/c1-10-3-5-12(6-4-10)9-13(15)14-11(2)7-8-16-14/h3-8,13,15H,9H2,1-2H3. The first kappa shape index (κ1) is 11.4. The van der Waals surface area contributed by atoms with Crippen LogP contribution in [0.25, 0.3) is 0 Å². The maximum atomic E-state index is 10.1. The van der Waals surface area contributed by atoms with E-state index in [1.54, 1.807) is 11.3 Å². The molecule has 1 N–H and O–H groups in total. The lowest BCUT2D eigenvalue weighted by Gasteiger charge is -2.10. The van der Waals surface area contributed by atoms with Gasteiger partial charge in [-0.1, -0.05) is 29.8 Å². The molecule has 1 aromatic heterocycles. The maximum Gasteiger partial charge on any atom is 0.0924 e. The fraction of sp³-hybridized carbons (Fsp3) is 0.286. The van der Waals surface area contributed by atoms with E-state index < -0.39 is 0 Å². The smallest absolute Gasteiger partial charge is 0.0924 e. The first-order chi connectivity index (χ1) is 7.66. The lowest BCUT2D eigenvalue weighted by atomic mass is 10.0. The van der Waals surface area contributed by atoms with Gasteiger partial charge in [-0.25, -0.2) is 0 Å². The molecule has 0 saturated carbocycles. The SMILES string of the molecule is Cc1ccc(CC(O)c2sccc2C)cc1. The van der Waals surface area contributed by atoms with Crippen LogP contribution in [-0.4, -0.2) is 5.11 Å². The number of aliphatic hydroxyl groups excluding tert-OH is 1. The van der Waals surface area contributed by atoms with Gasteiger partial charge in [-0.2, -0.15) is 0 Å². The van der Waals surface area contributed by atoms with Crippen molar-refractivity contribution in [3.05, 3.63) is 57.3 Å². The van der Waals surface area contributed by atoms with Gasteiger partial charge in [0.2, 0.25) is 0 Å². The molecular formula is C14H16OS. The summed E-state index contributed by atoms with van der Waals surface area (Å²) in [6.45, 7) is 4.12. The Bertz CT molecular complexity index is 456. The van der Waals surface area contributed by atoms with Gasteiger partial charge in [-0.3, -0.25) is 0 Å². The molecule has 1 unspecified atom stereocenters. The Labute approximate surface area is 100 Å². The molecule has 0 saturated heterocycles. The highest BCUT2D eigenvalue weighted by molar-refractivity contribution is 7.10. The Morgan fingerprint density at radius 2 is 1.81 bits per heavy atom. The fourth-order valence-corrected chi connectivity index (χ4v) is 2.68. The van der Waals surface area contributed by atoms with Gasteiger partial charge in [0.25, 0.3) is 0 Å². The molecule has 0 aliphatic carbocycles. The molecule has 1 atom stereocenters. The van der Waals surface area contributed by atoms with E-state index >= 15 is 0 Å². The van der Waals surface area contributed by atoms with Gasteiger partial charge in [0.05, 0.1) is 6.10 Å². The van der Waals surface area contributed by atoms with Crippen LogP contribution in [0.5, 0.6) is 0 Å². The normalized spacial score (nSPS) is 12.7. The number of benzene rings is 1. The van der Waals surface area contributed by atoms with Crippen molar-refractivity contribution in [1.82, 2.24) is 0 Å². The molecule has 2 heteroatoms. The predicted molar refractivity (Wildman–Crippen MR) is 68.9 cm³/mol. The van der Waals surface area contributed by atoms with Gasteiger partial charge in [0.1, 0.15) is 0 Å². The monoisotopic (exact) mass is 232 g/mol. The molecule has 0 amide bonds. The Hall–Kier alpha value is -1.12. The molecule has 0 aliphatic heterocycles. The summed E-state index contributed by atoms with van der Waals surface area (Å²) in [5, 5.41) is 12.2. The summed E-state index contributed by atoms with van der Waals surface area (Å²) in [6, 6.07) is 10.4. The Balaban J connectivity index is 2.10. The van der Waals surface area contributed by atoms with E-state index in [0.29, 0.717) is 6.42 Å². The van der Waals surface area contributed by atoms with E-state index in [1.807, 2.05) is 12.3 Å². The van der Waals surface area contributed by atoms with E-state index in [0.717, 1.165) is 4.88 Å². The van der Waals surface area contributed by atoms with Crippen LogP contribution < -0.4 is 0 Å². The van der Waals surface area contributed by atoms with Gasteiger partial charge in [0, 0.05) is 11.3 Å². The van der Waals surface area contributed by atoms with Crippen LogP contribution in [0.4, 0.5) is 0 Å². The quantitative estimate of drug-likeness (QED) is 0.856. The molecule has 0 bridgehead atoms. The Morgan fingerprint density at radius 1 is 1.12 bits per heavy atom. The molecule has 1 nitrogen and oxygen atoms in total. The first-order valence-electron chi connectivity index (χ1n) is 5.44. The van der Waals surface area contributed by atoms with Crippen LogP contribution in [0.2, 0.25) is 0 Å². The summed E-state index contributed by atoms with van der Waals surface area (Å²) in [6.07, 6.45) is 0.324. The third-order valence-electron chi connectivity index (χ3n) is 2.75. The predicted octanol–water partition coefficient (Wildman–Crippen LogP) is 3.64. The van der Waals surface area contributed by atoms with Crippen molar-refractivity contribution in [1.29, 1.82) is 0 Å².